The highest BCUT2D eigenvalue weighted by atomic mass is 16.4. The van der Waals surface area contributed by atoms with Gasteiger partial charge in [-0.2, -0.15) is 5.10 Å². The Morgan fingerprint density at radius 1 is 1.21 bits per heavy atom. The number of aryl methyl sites for hydroxylation is 2. The Hall–Kier alpha value is -2.10. The van der Waals surface area contributed by atoms with E-state index in [1.54, 1.807) is 17.9 Å². The summed E-state index contributed by atoms with van der Waals surface area (Å²) >= 11 is 0. The molecule has 4 heteroatoms. The van der Waals surface area contributed by atoms with E-state index in [4.69, 9.17) is 5.11 Å². The topological polar surface area (TPSA) is 55.1 Å². The van der Waals surface area contributed by atoms with Gasteiger partial charge in [-0.25, -0.2) is 0 Å². The maximum absolute atomic E-state index is 11.0. The molecule has 0 atom stereocenters. The van der Waals surface area contributed by atoms with Crippen LogP contribution in [0.4, 0.5) is 0 Å². The van der Waals surface area contributed by atoms with Gasteiger partial charge in [-0.15, -0.1) is 0 Å². The molecular weight excluding hydrogens is 240 g/mol. The van der Waals surface area contributed by atoms with E-state index in [-0.39, 0.29) is 6.42 Å². The molecule has 19 heavy (non-hydrogen) atoms. The van der Waals surface area contributed by atoms with Gasteiger partial charge in [0.1, 0.15) is 0 Å². The first kappa shape index (κ1) is 13.3. The predicted molar refractivity (Wildman–Crippen MR) is 74.2 cm³/mol. The molecule has 0 aliphatic rings. The molecule has 1 aromatic heterocycles. The first-order valence-corrected chi connectivity index (χ1v) is 6.21. The molecule has 2 aromatic rings. The Morgan fingerprint density at radius 2 is 1.89 bits per heavy atom. The quantitative estimate of drug-likeness (QED) is 0.920. The number of hydrogen-bond donors (Lipinski definition) is 1. The summed E-state index contributed by atoms with van der Waals surface area (Å²) in [6, 6.07) is 4.11. The molecule has 2 rings (SSSR count). The average molecular weight is 258 g/mol. The lowest BCUT2D eigenvalue weighted by Gasteiger charge is -2.11. The van der Waals surface area contributed by atoms with Crippen molar-refractivity contribution in [3.05, 3.63) is 40.7 Å². The van der Waals surface area contributed by atoms with Gasteiger partial charge in [0.25, 0.3) is 0 Å². The molecule has 0 radical (unpaired) electrons. The lowest BCUT2D eigenvalue weighted by atomic mass is 9.94. The van der Waals surface area contributed by atoms with Gasteiger partial charge in [0.15, 0.2) is 0 Å². The van der Waals surface area contributed by atoms with Crippen LogP contribution in [0, 0.1) is 20.8 Å². The molecule has 0 amide bonds. The van der Waals surface area contributed by atoms with Crippen molar-refractivity contribution in [1.29, 1.82) is 0 Å². The van der Waals surface area contributed by atoms with E-state index in [0.29, 0.717) is 0 Å². The van der Waals surface area contributed by atoms with Crippen molar-refractivity contribution in [2.24, 2.45) is 7.05 Å². The number of benzene rings is 1. The SMILES string of the molecule is Cc1ccc(-c2cnn(C)c2CC(=O)O)c(C)c1C. The predicted octanol–water partition coefficient (Wildman–Crippen LogP) is 2.64. The van der Waals surface area contributed by atoms with Crippen LogP contribution in [0.5, 0.6) is 0 Å². The summed E-state index contributed by atoms with van der Waals surface area (Å²) in [7, 11) is 1.78. The molecule has 0 saturated carbocycles. The van der Waals surface area contributed by atoms with Gasteiger partial charge in [-0.3, -0.25) is 9.48 Å². The minimum absolute atomic E-state index is 0.0157. The Morgan fingerprint density at radius 3 is 2.53 bits per heavy atom. The van der Waals surface area contributed by atoms with E-state index in [2.05, 4.69) is 31.9 Å². The molecule has 100 valence electrons. The van der Waals surface area contributed by atoms with Gasteiger partial charge in [-0.05, 0) is 43.0 Å². The minimum atomic E-state index is -0.841. The Kier molecular flexibility index (Phi) is 3.42. The van der Waals surface area contributed by atoms with Gasteiger partial charge in [0.05, 0.1) is 18.3 Å². The highest BCUT2D eigenvalue weighted by molar-refractivity contribution is 5.77. The van der Waals surface area contributed by atoms with E-state index >= 15 is 0 Å². The van der Waals surface area contributed by atoms with Crippen molar-refractivity contribution in [2.45, 2.75) is 27.2 Å². The fourth-order valence-corrected chi connectivity index (χ4v) is 2.29. The van der Waals surface area contributed by atoms with Crippen LogP contribution in [-0.4, -0.2) is 20.9 Å². The molecule has 0 aliphatic heterocycles. The van der Waals surface area contributed by atoms with Crippen LogP contribution in [-0.2, 0) is 18.3 Å². The number of aliphatic carboxylic acids is 1. The highest BCUT2D eigenvalue weighted by Crippen LogP contribution is 2.30. The Bertz CT molecular complexity index is 642. The van der Waals surface area contributed by atoms with Crippen molar-refractivity contribution < 1.29 is 9.90 Å². The van der Waals surface area contributed by atoms with Crippen LogP contribution in [0.3, 0.4) is 0 Å². The lowest BCUT2D eigenvalue weighted by molar-refractivity contribution is -0.136. The number of aromatic nitrogens is 2. The zero-order chi connectivity index (χ0) is 14.2. The third-order valence-corrected chi connectivity index (χ3v) is 3.73. The maximum Gasteiger partial charge on any atom is 0.309 e. The standard InChI is InChI=1S/C15H18N2O2/c1-9-5-6-12(11(3)10(9)2)13-8-16-17(4)14(13)7-15(18)19/h5-6,8H,7H2,1-4H3,(H,18,19). The van der Waals surface area contributed by atoms with Crippen LogP contribution in [0.2, 0.25) is 0 Å². The Labute approximate surface area is 112 Å². The monoisotopic (exact) mass is 258 g/mol. The van der Waals surface area contributed by atoms with E-state index in [0.717, 1.165) is 16.8 Å². The van der Waals surface area contributed by atoms with E-state index in [9.17, 15) is 4.79 Å². The summed E-state index contributed by atoms with van der Waals surface area (Å²) in [6.07, 6.45) is 1.73. The molecule has 0 bridgehead atoms. The molecule has 1 N–H and O–H groups in total. The smallest absolute Gasteiger partial charge is 0.309 e. The van der Waals surface area contributed by atoms with Crippen molar-refractivity contribution in [3.8, 4) is 11.1 Å². The number of carboxylic acid groups (broad SMARTS) is 1. The summed E-state index contributed by atoms with van der Waals surface area (Å²) in [5, 5.41) is 13.2. The highest BCUT2D eigenvalue weighted by Gasteiger charge is 2.16. The van der Waals surface area contributed by atoms with Crippen LogP contribution in [0.25, 0.3) is 11.1 Å². The van der Waals surface area contributed by atoms with Crippen molar-refractivity contribution in [3.63, 3.8) is 0 Å². The Balaban J connectivity index is 2.60. The zero-order valence-electron chi connectivity index (χ0n) is 11.7. The van der Waals surface area contributed by atoms with Crippen molar-refractivity contribution >= 4 is 5.97 Å². The largest absolute Gasteiger partial charge is 0.481 e. The summed E-state index contributed by atoms with van der Waals surface area (Å²) in [6.45, 7) is 6.23. The van der Waals surface area contributed by atoms with Crippen LogP contribution in [0.1, 0.15) is 22.4 Å². The number of rotatable bonds is 3. The van der Waals surface area contributed by atoms with Gasteiger partial charge >= 0.3 is 5.97 Å². The van der Waals surface area contributed by atoms with E-state index in [1.165, 1.54) is 16.7 Å². The molecule has 0 saturated heterocycles. The van der Waals surface area contributed by atoms with Crippen molar-refractivity contribution in [2.75, 3.05) is 0 Å². The number of nitrogens with zero attached hydrogens (tertiary/aromatic N) is 2. The first-order chi connectivity index (χ1) is 8.91. The second-order valence-corrected chi connectivity index (χ2v) is 4.88. The van der Waals surface area contributed by atoms with Gasteiger partial charge < -0.3 is 5.11 Å². The molecule has 1 aromatic carbocycles. The molecule has 1 heterocycles. The van der Waals surface area contributed by atoms with Gasteiger partial charge in [0, 0.05) is 12.6 Å². The molecule has 0 aliphatic carbocycles. The van der Waals surface area contributed by atoms with Crippen LogP contribution in [0.15, 0.2) is 18.3 Å². The molecule has 0 fully saturated rings. The number of hydrogen-bond acceptors (Lipinski definition) is 2. The molecule has 0 spiro atoms. The second-order valence-electron chi connectivity index (χ2n) is 4.88. The third kappa shape index (κ3) is 2.38. The normalized spacial score (nSPS) is 10.7. The minimum Gasteiger partial charge on any atom is -0.481 e. The van der Waals surface area contributed by atoms with E-state index in [1.807, 2.05) is 6.07 Å². The fourth-order valence-electron chi connectivity index (χ4n) is 2.29. The summed E-state index contributed by atoms with van der Waals surface area (Å²) in [5.74, 6) is -0.841. The number of carbonyl (C=O) groups is 1. The molecule has 4 nitrogen and oxygen atoms in total. The van der Waals surface area contributed by atoms with E-state index < -0.39 is 5.97 Å². The van der Waals surface area contributed by atoms with Crippen LogP contribution < -0.4 is 0 Å². The maximum atomic E-state index is 11.0. The average Bonchev–Trinajstić information content (AvgIpc) is 2.68. The molecule has 0 unspecified atom stereocenters. The summed E-state index contributed by atoms with van der Waals surface area (Å²) in [4.78, 5) is 11.0. The van der Waals surface area contributed by atoms with Gasteiger partial charge in [0.2, 0.25) is 0 Å². The lowest BCUT2D eigenvalue weighted by Crippen LogP contribution is -2.07. The first-order valence-electron chi connectivity index (χ1n) is 6.21. The summed E-state index contributed by atoms with van der Waals surface area (Å²) < 4.78 is 1.64. The fraction of sp³-hybridized carbons (Fsp3) is 0.333. The zero-order valence-corrected chi connectivity index (χ0v) is 11.7. The van der Waals surface area contributed by atoms with Crippen molar-refractivity contribution in [1.82, 2.24) is 9.78 Å². The summed E-state index contributed by atoms with van der Waals surface area (Å²) in [5.41, 5.74) is 6.36. The van der Waals surface area contributed by atoms with Crippen LogP contribution >= 0.6 is 0 Å². The molecular formula is C15H18N2O2. The number of carboxylic acids is 1. The second kappa shape index (κ2) is 4.88. The third-order valence-electron chi connectivity index (χ3n) is 3.73. The van der Waals surface area contributed by atoms with Gasteiger partial charge in [-0.1, -0.05) is 12.1 Å².